The van der Waals surface area contributed by atoms with Gasteiger partial charge in [-0.2, -0.15) is 24.7 Å². The Morgan fingerprint density at radius 3 is 2.86 bits per heavy atom. The minimum atomic E-state index is 0.515. The summed E-state index contributed by atoms with van der Waals surface area (Å²) < 4.78 is 1.57. The van der Waals surface area contributed by atoms with Gasteiger partial charge in [-0.05, 0) is 19.3 Å². The molecule has 8 heteroatoms. The van der Waals surface area contributed by atoms with E-state index in [0.717, 1.165) is 18.1 Å². The van der Waals surface area contributed by atoms with Crippen LogP contribution in [-0.2, 0) is 0 Å². The molecule has 0 radical (unpaired) electrons. The molecule has 1 fully saturated rings. The monoisotopic (exact) mass is 305 g/mol. The number of aromatic nitrogens is 6. The van der Waals surface area contributed by atoms with Gasteiger partial charge in [-0.3, -0.25) is 0 Å². The van der Waals surface area contributed by atoms with E-state index in [-0.39, 0.29) is 0 Å². The number of hydrogen-bond donors (Lipinski definition) is 1. The van der Waals surface area contributed by atoms with Gasteiger partial charge in [0.2, 0.25) is 5.95 Å². The Morgan fingerprint density at radius 2 is 2.14 bits per heavy atom. The summed E-state index contributed by atoms with van der Waals surface area (Å²) in [7, 11) is 0. The highest BCUT2D eigenvalue weighted by atomic mass is 32.2. The quantitative estimate of drug-likeness (QED) is 0.877. The molecule has 0 aliphatic heterocycles. The van der Waals surface area contributed by atoms with Crippen LogP contribution in [0, 0.1) is 0 Å². The molecule has 3 rings (SSSR count). The van der Waals surface area contributed by atoms with Crippen LogP contribution in [0.4, 0.5) is 5.95 Å². The van der Waals surface area contributed by atoms with Crippen molar-refractivity contribution in [3.8, 4) is 5.95 Å². The summed E-state index contributed by atoms with van der Waals surface area (Å²) in [6, 6.07) is 0. The topological polar surface area (TPSA) is 81.4 Å². The molecule has 2 aromatic rings. The van der Waals surface area contributed by atoms with Crippen molar-refractivity contribution < 1.29 is 0 Å². The number of nitrogens with one attached hydrogen (secondary N) is 1. The zero-order valence-corrected chi connectivity index (χ0v) is 12.9. The summed E-state index contributed by atoms with van der Waals surface area (Å²) in [4.78, 5) is 17.4. The number of thioether (sulfide) groups is 1. The molecule has 0 spiro atoms. The SMILES string of the molecule is CCCNc1nc(SC2CCCC2)nc(-n2cncn2)n1. The Morgan fingerprint density at radius 1 is 1.29 bits per heavy atom. The number of anilines is 1. The second-order valence-corrected chi connectivity index (χ2v) is 6.30. The summed E-state index contributed by atoms with van der Waals surface area (Å²) in [5.74, 6) is 1.12. The maximum absolute atomic E-state index is 4.51. The first-order valence-corrected chi connectivity index (χ1v) is 8.24. The summed E-state index contributed by atoms with van der Waals surface area (Å²) in [5.41, 5.74) is 0. The largest absolute Gasteiger partial charge is 0.354 e. The van der Waals surface area contributed by atoms with Gasteiger partial charge in [0, 0.05) is 11.8 Å². The van der Waals surface area contributed by atoms with Gasteiger partial charge in [0.15, 0.2) is 5.16 Å². The molecule has 1 saturated carbocycles. The predicted molar refractivity (Wildman–Crippen MR) is 81.6 cm³/mol. The van der Waals surface area contributed by atoms with Gasteiger partial charge in [0.1, 0.15) is 12.7 Å². The van der Waals surface area contributed by atoms with Gasteiger partial charge in [-0.1, -0.05) is 31.5 Å². The summed E-state index contributed by atoms with van der Waals surface area (Å²) >= 11 is 1.75. The molecule has 0 saturated heterocycles. The Bertz CT molecular complexity index is 566. The van der Waals surface area contributed by atoms with Crippen molar-refractivity contribution in [3.63, 3.8) is 0 Å². The highest BCUT2D eigenvalue weighted by Gasteiger charge is 2.19. The van der Waals surface area contributed by atoms with Crippen molar-refractivity contribution in [1.82, 2.24) is 29.7 Å². The van der Waals surface area contributed by atoms with E-state index in [4.69, 9.17) is 0 Å². The molecule has 0 bridgehead atoms. The lowest BCUT2D eigenvalue weighted by Crippen LogP contribution is -2.11. The lowest BCUT2D eigenvalue weighted by Gasteiger charge is -2.10. The first kappa shape index (κ1) is 14.2. The van der Waals surface area contributed by atoms with Gasteiger partial charge in [0.05, 0.1) is 0 Å². The first-order chi connectivity index (χ1) is 10.3. The molecular weight excluding hydrogens is 286 g/mol. The fraction of sp³-hybridized carbons (Fsp3) is 0.615. The lowest BCUT2D eigenvalue weighted by atomic mass is 10.4. The Kier molecular flexibility index (Phi) is 4.64. The van der Waals surface area contributed by atoms with Crippen molar-refractivity contribution >= 4 is 17.7 Å². The van der Waals surface area contributed by atoms with Crippen LogP contribution in [0.15, 0.2) is 17.8 Å². The van der Waals surface area contributed by atoms with Crippen molar-refractivity contribution in [1.29, 1.82) is 0 Å². The van der Waals surface area contributed by atoms with Gasteiger partial charge in [-0.15, -0.1) is 0 Å². The van der Waals surface area contributed by atoms with Crippen LogP contribution < -0.4 is 5.32 Å². The van der Waals surface area contributed by atoms with Crippen molar-refractivity contribution in [2.75, 3.05) is 11.9 Å². The maximum atomic E-state index is 4.51. The third-order valence-corrected chi connectivity index (χ3v) is 4.53. The Hall–Kier alpha value is -1.70. The molecule has 7 nitrogen and oxygen atoms in total. The molecule has 0 aromatic carbocycles. The first-order valence-electron chi connectivity index (χ1n) is 7.37. The molecule has 1 aliphatic rings. The lowest BCUT2D eigenvalue weighted by molar-refractivity contribution is 0.753. The second kappa shape index (κ2) is 6.84. The smallest absolute Gasteiger partial charge is 0.257 e. The van der Waals surface area contributed by atoms with Crippen LogP contribution in [0.25, 0.3) is 5.95 Å². The van der Waals surface area contributed by atoms with Crippen LogP contribution >= 0.6 is 11.8 Å². The van der Waals surface area contributed by atoms with Crippen molar-refractivity contribution in [2.24, 2.45) is 0 Å². The Labute approximate surface area is 128 Å². The minimum absolute atomic E-state index is 0.515. The summed E-state index contributed by atoms with van der Waals surface area (Å²) in [5, 5.41) is 8.71. The molecule has 1 N–H and O–H groups in total. The van der Waals surface area contributed by atoms with Crippen LogP contribution in [-0.4, -0.2) is 41.5 Å². The zero-order chi connectivity index (χ0) is 14.5. The molecule has 1 aliphatic carbocycles. The zero-order valence-electron chi connectivity index (χ0n) is 12.1. The van der Waals surface area contributed by atoms with E-state index in [1.807, 2.05) is 0 Å². The third kappa shape index (κ3) is 3.69. The number of hydrogen-bond acceptors (Lipinski definition) is 7. The van der Waals surface area contributed by atoms with Crippen molar-refractivity contribution in [3.05, 3.63) is 12.7 Å². The molecule has 2 aromatic heterocycles. The average molecular weight is 305 g/mol. The Balaban J connectivity index is 1.84. The normalized spacial score (nSPS) is 15.5. The fourth-order valence-corrected chi connectivity index (χ4v) is 3.42. The van der Waals surface area contributed by atoms with E-state index in [0.29, 0.717) is 17.1 Å². The predicted octanol–water partition coefficient (Wildman–Crippen LogP) is 2.31. The molecule has 0 amide bonds. The van der Waals surface area contributed by atoms with Crippen LogP contribution in [0.3, 0.4) is 0 Å². The molecule has 0 atom stereocenters. The van der Waals surface area contributed by atoms with Gasteiger partial charge in [-0.25, -0.2) is 4.98 Å². The molecule has 2 heterocycles. The van der Waals surface area contributed by atoms with Crippen LogP contribution in [0.5, 0.6) is 0 Å². The second-order valence-electron chi connectivity index (χ2n) is 5.03. The van der Waals surface area contributed by atoms with E-state index < -0.39 is 0 Å². The van der Waals surface area contributed by atoms with E-state index >= 15 is 0 Å². The maximum Gasteiger partial charge on any atom is 0.257 e. The minimum Gasteiger partial charge on any atom is -0.354 e. The van der Waals surface area contributed by atoms with Crippen molar-refractivity contribution in [2.45, 2.75) is 49.4 Å². The molecular formula is C13H19N7S. The van der Waals surface area contributed by atoms with Gasteiger partial charge < -0.3 is 5.32 Å². The number of nitrogens with zero attached hydrogens (tertiary/aromatic N) is 6. The fourth-order valence-electron chi connectivity index (χ4n) is 2.28. The number of rotatable bonds is 6. The van der Waals surface area contributed by atoms with Gasteiger partial charge in [0.25, 0.3) is 5.95 Å². The summed E-state index contributed by atoms with van der Waals surface area (Å²) in [6.07, 6.45) is 9.20. The van der Waals surface area contributed by atoms with E-state index in [9.17, 15) is 0 Å². The highest BCUT2D eigenvalue weighted by molar-refractivity contribution is 7.99. The van der Waals surface area contributed by atoms with E-state index in [1.165, 1.54) is 32.0 Å². The van der Waals surface area contributed by atoms with E-state index in [1.54, 1.807) is 22.8 Å². The molecule has 112 valence electrons. The van der Waals surface area contributed by atoms with Crippen LogP contribution in [0.2, 0.25) is 0 Å². The summed E-state index contributed by atoms with van der Waals surface area (Å²) in [6.45, 7) is 2.95. The standard InChI is InChI=1S/C13H19N7S/c1-2-7-15-11-17-12(20-9-14-8-16-20)19-13(18-11)21-10-5-3-4-6-10/h8-10H,2-7H2,1H3,(H,15,17,18,19). The average Bonchev–Trinajstić information content (AvgIpc) is 3.18. The van der Waals surface area contributed by atoms with E-state index in [2.05, 4.69) is 37.3 Å². The van der Waals surface area contributed by atoms with Gasteiger partial charge >= 0.3 is 0 Å². The third-order valence-electron chi connectivity index (χ3n) is 3.33. The molecule has 0 unspecified atom stereocenters. The molecule has 21 heavy (non-hydrogen) atoms. The van der Waals surface area contributed by atoms with Crippen LogP contribution in [0.1, 0.15) is 39.0 Å². The highest BCUT2D eigenvalue weighted by Crippen LogP contribution is 2.33.